The van der Waals surface area contributed by atoms with Crippen LogP contribution in [0.15, 0.2) is 224 Å². The summed E-state index contributed by atoms with van der Waals surface area (Å²) < 4.78 is 5.24. The molecule has 0 spiro atoms. The van der Waals surface area contributed by atoms with Gasteiger partial charge in [-0.05, 0) is 114 Å². The van der Waals surface area contributed by atoms with E-state index in [1.54, 1.807) is 0 Å². The van der Waals surface area contributed by atoms with Gasteiger partial charge in [-0.15, -0.1) is 22.7 Å². The zero-order valence-corrected chi connectivity index (χ0v) is 35.8. The van der Waals surface area contributed by atoms with Crippen molar-refractivity contribution in [1.82, 2.24) is 0 Å². The smallest absolute Gasteiger partial charge is 0.0640 e. The molecule has 0 aliphatic rings. The number of rotatable bonds is 6. The monoisotopic (exact) mass is 835 g/mol. The molecule has 0 saturated carbocycles. The van der Waals surface area contributed by atoms with Crippen LogP contribution >= 0.6 is 22.7 Å². The molecule has 3 heteroatoms. The standard InChI is InChI=1S/C60H37NS2/c1-2-12-39(13-3-1)51-20-9-21-52-53-22-10-23-55(60(53)63-59(51)52)61(44-31-28-40(29-32-44)47-18-8-15-38-14-4-5-16-46(38)47)45-33-35-49-43(37-45)27-26-41-36-42(30-34-48(41)49)50-19-11-25-57-58(50)54-17-6-7-24-56(54)62-57/h1-37H. The molecule has 0 atom stereocenters. The van der Waals surface area contributed by atoms with Gasteiger partial charge in [-0.3, -0.25) is 0 Å². The van der Waals surface area contributed by atoms with Crippen LogP contribution in [0.25, 0.3) is 106 Å². The van der Waals surface area contributed by atoms with Crippen LogP contribution in [0.5, 0.6) is 0 Å². The van der Waals surface area contributed by atoms with Crippen molar-refractivity contribution in [3.05, 3.63) is 224 Å². The van der Waals surface area contributed by atoms with Crippen molar-refractivity contribution in [1.29, 1.82) is 0 Å². The highest BCUT2D eigenvalue weighted by atomic mass is 32.1. The summed E-state index contributed by atoms with van der Waals surface area (Å²) in [5.74, 6) is 0. The molecule has 0 radical (unpaired) electrons. The van der Waals surface area contributed by atoms with Crippen molar-refractivity contribution < 1.29 is 0 Å². The van der Waals surface area contributed by atoms with Gasteiger partial charge in [0.2, 0.25) is 0 Å². The summed E-state index contributed by atoms with van der Waals surface area (Å²) in [4.78, 5) is 2.46. The molecule has 2 heterocycles. The number of nitrogens with zero attached hydrogens (tertiary/aromatic N) is 1. The van der Waals surface area contributed by atoms with Gasteiger partial charge in [-0.25, -0.2) is 0 Å². The normalized spacial score (nSPS) is 11.8. The Morgan fingerprint density at radius 2 is 0.873 bits per heavy atom. The average molecular weight is 836 g/mol. The molecule has 63 heavy (non-hydrogen) atoms. The van der Waals surface area contributed by atoms with E-state index in [4.69, 9.17) is 0 Å². The Kier molecular flexibility index (Phi) is 8.33. The van der Waals surface area contributed by atoms with Crippen LogP contribution in [0, 0.1) is 0 Å². The van der Waals surface area contributed by atoms with Crippen molar-refractivity contribution in [3.8, 4) is 33.4 Å². The Morgan fingerprint density at radius 1 is 0.286 bits per heavy atom. The maximum absolute atomic E-state index is 2.46. The zero-order valence-electron chi connectivity index (χ0n) is 34.1. The van der Waals surface area contributed by atoms with Crippen LogP contribution in [0.1, 0.15) is 0 Å². The molecule has 0 aliphatic carbocycles. The van der Waals surface area contributed by atoms with E-state index in [1.807, 2.05) is 22.7 Å². The summed E-state index contributed by atoms with van der Waals surface area (Å²) in [5, 5.41) is 12.7. The summed E-state index contributed by atoms with van der Waals surface area (Å²) in [6.07, 6.45) is 0. The maximum Gasteiger partial charge on any atom is 0.0640 e. The number of fused-ring (bicyclic) bond motifs is 10. The van der Waals surface area contributed by atoms with E-state index < -0.39 is 0 Å². The molecule has 2 aromatic heterocycles. The predicted molar refractivity (Wildman–Crippen MR) is 276 cm³/mol. The van der Waals surface area contributed by atoms with Crippen LogP contribution in [-0.4, -0.2) is 0 Å². The lowest BCUT2D eigenvalue weighted by Gasteiger charge is -2.27. The Labute approximate surface area is 373 Å². The molecule has 0 fully saturated rings. The Bertz CT molecular complexity index is 3910. The minimum Gasteiger partial charge on any atom is -0.309 e. The van der Waals surface area contributed by atoms with Crippen molar-refractivity contribution in [2.45, 2.75) is 0 Å². The van der Waals surface area contributed by atoms with Gasteiger partial charge in [0.15, 0.2) is 0 Å². The van der Waals surface area contributed by atoms with Crippen molar-refractivity contribution in [2.24, 2.45) is 0 Å². The Balaban J connectivity index is 0.970. The molecular formula is C60H37NS2. The zero-order chi connectivity index (χ0) is 41.4. The summed E-state index contributed by atoms with van der Waals surface area (Å²) >= 11 is 3.77. The van der Waals surface area contributed by atoms with E-state index in [-0.39, 0.29) is 0 Å². The van der Waals surface area contributed by atoms with E-state index in [0.717, 1.165) is 11.4 Å². The van der Waals surface area contributed by atoms with E-state index >= 15 is 0 Å². The number of thiophene rings is 2. The van der Waals surface area contributed by atoms with Gasteiger partial charge >= 0.3 is 0 Å². The van der Waals surface area contributed by atoms with Gasteiger partial charge in [-0.1, -0.05) is 176 Å². The van der Waals surface area contributed by atoms with E-state index in [2.05, 4.69) is 229 Å². The summed E-state index contributed by atoms with van der Waals surface area (Å²) in [6, 6.07) is 82.9. The summed E-state index contributed by atoms with van der Waals surface area (Å²) in [7, 11) is 0. The first-order valence-electron chi connectivity index (χ1n) is 21.5. The van der Waals surface area contributed by atoms with Gasteiger partial charge in [0, 0.05) is 47.0 Å². The third-order valence-corrected chi connectivity index (χ3v) is 15.3. The van der Waals surface area contributed by atoms with Gasteiger partial charge in [0.05, 0.1) is 10.4 Å². The first kappa shape index (κ1) is 36.1. The Morgan fingerprint density at radius 3 is 1.75 bits per heavy atom. The fraction of sp³-hybridized carbons (Fsp3) is 0. The predicted octanol–water partition coefficient (Wildman–Crippen LogP) is 18.4. The topological polar surface area (TPSA) is 3.24 Å². The third kappa shape index (κ3) is 5.89. The quantitative estimate of drug-likeness (QED) is 0.151. The number of benzene rings is 11. The molecule has 13 aromatic rings. The first-order valence-corrected chi connectivity index (χ1v) is 23.1. The molecule has 13 rings (SSSR count). The Hall–Kier alpha value is -7.56. The van der Waals surface area contributed by atoms with E-state index in [9.17, 15) is 0 Å². The van der Waals surface area contributed by atoms with E-state index in [1.165, 1.54) is 112 Å². The third-order valence-electron chi connectivity index (χ3n) is 12.8. The van der Waals surface area contributed by atoms with Crippen LogP contribution in [0.2, 0.25) is 0 Å². The van der Waals surface area contributed by atoms with Crippen LogP contribution < -0.4 is 4.90 Å². The van der Waals surface area contributed by atoms with Gasteiger partial charge in [-0.2, -0.15) is 0 Å². The van der Waals surface area contributed by atoms with Crippen LogP contribution in [0.4, 0.5) is 17.1 Å². The molecule has 0 bridgehead atoms. The summed E-state index contributed by atoms with van der Waals surface area (Å²) in [6.45, 7) is 0. The number of anilines is 3. The lowest BCUT2D eigenvalue weighted by atomic mass is 9.95. The van der Waals surface area contributed by atoms with Crippen LogP contribution in [-0.2, 0) is 0 Å². The second-order valence-electron chi connectivity index (χ2n) is 16.4. The van der Waals surface area contributed by atoms with Gasteiger partial charge in [0.25, 0.3) is 0 Å². The van der Waals surface area contributed by atoms with Crippen molar-refractivity contribution >= 4 is 112 Å². The molecule has 294 valence electrons. The second kappa shape index (κ2) is 14.5. The average Bonchev–Trinajstić information content (AvgIpc) is 3.94. The molecule has 0 amide bonds. The van der Waals surface area contributed by atoms with Gasteiger partial charge in [0.1, 0.15) is 0 Å². The highest BCUT2D eigenvalue weighted by molar-refractivity contribution is 7.27. The summed E-state index contributed by atoms with van der Waals surface area (Å²) in [5.41, 5.74) is 10.9. The van der Waals surface area contributed by atoms with E-state index in [0.29, 0.717) is 0 Å². The number of hydrogen-bond donors (Lipinski definition) is 0. The fourth-order valence-corrected chi connectivity index (χ4v) is 12.4. The molecule has 0 saturated heterocycles. The van der Waals surface area contributed by atoms with Gasteiger partial charge < -0.3 is 4.90 Å². The van der Waals surface area contributed by atoms with Crippen molar-refractivity contribution in [2.75, 3.05) is 4.90 Å². The lowest BCUT2D eigenvalue weighted by molar-refractivity contribution is 1.31. The molecule has 0 aliphatic heterocycles. The fourth-order valence-electron chi connectivity index (χ4n) is 9.90. The highest BCUT2D eigenvalue weighted by Gasteiger charge is 2.21. The SMILES string of the molecule is c1ccc(-c2cccc3c2sc2c(N(c4ccc(-c5cccc6ccccc56)cc4)c4ccc5c(ccc6cc(-c7cccc8sc9ccccc9c78)ccc65)c4)cccc23)cc1. The largest absolute Gasteiger partial charge is 0.309 e. The molecular weight excluding hydrogens is 799 g/mol. The number of hydrogen-bond acceptors (Lipinski definition) is 3. The molecule has 0 N–H and O–H groups in total. The lowest BCUT2D eigenvalue weighted by Crippen LogP contribution is -2.10. The first-order chi connectivity index (χ1) is 31.2. The van der Waals surface area contributed by atoms with Crippen LogP contribution in [0.3, 0.4) is 0 Å². The minimum absolute atomic E-state index is 1.12. The van der Waals surface area contributed by atoms with Crippen molar-refractivity contribution in [3.63, 3.8) is 0 Å². The second-order valence-corrected chi connectivity index (χ2v) is 18.5. The highest BCUT2D eigenvalue weighted by Crippen LogP contribution is 2.48. The molecule has 0 unspecified atom stereocenters. The maximum atomic E-state index is 2.46. The molecule has 11 aromatic carbocycles. The molecule has 1 nitrogen and oxygen atoms in total. The minimum atomic E-state index is 1.12.